The Labute approximate surface area is 176 Å². The van der Waals surface area contributed by atoms with Crippen LogP contribution in [-0.2, 0) is 4.74 Å². The highest BCUT2D eigenvalue weighted by atomic mass is 16.6. The van der Waals surface area contributed by atoms with Crippen LogP contribution in [0.1, 0.15) is 72.3 Å². The lowest BCUT2D eigenvalue weighted by atomic mass is 9.91. The van der Waals surface area contributed by atoms with Crippen LogP contribution >= 0.6 is 0 Å². The van der Waals surface area contributed by atoms with Crippen LogP contribution in [0.15, 0.2) is 35.9 Å². The SMILES string of the molecule is CC(C)/C(=C\c1ccccc1)[C@@H]1C[C@H]1NC1CCC(NC(=O)OC(C)(C)C)CC1. The summed E-state index contributed by atoms with van der Waals surface area (Å²) in [5.41, 5.74) is 2.43. The number of alkyl carbamates (subject to hydrolysis) is 1. The molecule has 29 heavy (non-hydrogen) atoms. The fourth-order valence-corrected chi connectivity index (χ4v) is 4.37. The first kappa shape index (κ1) is 21.9. The quantitative estimate of drug-likeness (QED) is 0.661. The molecule has 0 bridgehead atoms. The molecule has 4 heteroatoms. The monoisotopic (exact) mass is 398 g/mol. The minimum Gasteiger partial charge on any atom is -0.444 e. The largest absolute Gasteiger partial charge is 0.444 e. The second kappa shape index (κ2) is 9.34. The molecular formula is C25H38N2O2. The smallest absolute Gasteiger partial charge is 0.407 e. The molecule has 2 fully saturated rings. The van der Waals surface area contributed by atoms with Gasteiger partial charge in [-0.15, -0.1) is 0 Å². The van der Waals surface area contributed by atoms with E-state index in [1.807, 2.05) is 20.8 Å². The molecule has 0 heterocycles. The van der Waals surface area contributed by atoms with Crippen molar-refractivity contribution in [3.8, 4) is 0 Å². The molecule has 3 rings (SSSR count). The standard InChI is InChI=1S/C25H38N2O2/c1-17(2)21(15-18-9-7-6-8-10-18)22-16-23(22)26-19-11-13-20(14-12-19)27-24(28)29-25(3,4)5/h6-10,15,17,19-20,22-23,26H,11-14,16H2,1-5H3,(H,27,28)/b21-15+/t19?,20?,22-,23+/m0/s1. The van der Waals surface area contributed by atoms with Crippen LogP contribution < -0.4 is 10.6 Å². The summed E-state index contributed by atoms with van der Waals surface area (Å²) in [6.07, 6.45) is 7.61. The maximum atomic E-state index is 12.0. The molecular weight excluding hydrogens is 360 g/mol. The number of nitrogens with one attached hydrogen (secondary N) is 2. The second-order valence-electron chi connectivity index (χ2n) is 10.0. The van der Waals surface area contributed by atoms with Gasteiger partial charge in [-0.2, -0.15) is 0 Å². The Morgan fingerprint density at radius 2 is 1.69 bits per heavy atom. The third-order valence-corrected chi connectivity index (χ3v) is 5.92. The average molecular weight is 399 g/mol. The van der Waals surface area contributed by atoms with Gasteiger partial charge in [0.15, 0.2) is 0 Å². The maximum Gasteiger partial charge on any atom is 0.407 e. The molecule has 160 valence electrons. The van der Waals surface area contributed by atoms with Gasteiger partial charge >= 0.3 is 6.09 Å². The third-order valence-electron chi connectivity index (χ3n) is 5.92. The number of benzene rings is 1. The highest BCUT2D eigenvalue weighted by Gasteiger charge is 2.41. The van der Waals surface area contributed by atoms with Gasteiger partial charge < -0.3 is 15.4 Å². The normalized spacial score (nSPS) is 27.6. The average Bonchev–Trinajstić information content (AvgIpc) is 3.39. The summed E-state index contributed by atoms with van der Waals surface area (Å²) in [4.78, 5) is 12.0. The molecule has 2 aliphatic carbocycles. The predicted molar refractivity (Wildman–Crippen MR) is 120 cm³/mol. The Bertz CT molecular complexity index is 697. The summed E-state index contributed by atoms with van der Waals surface area (Å²) in [7, 11) is 0. The van der Waals surface area contributed by atoms with Crippen molar-refractivity contribution >= 4 is 12.2 Å². The van der Waals surface area contributed by atoms with Gasteiger partial charge in [0, 0.05) is 18.1 Å². The lowest BCUT2D eigenvalue weighted by Crippen LogP contribution is -2.44. The van der Waals surface area contributed by atoms with E-state index in [9.17, 15) is 4.79 Å². The number of hydrogen-bond donors (Lipinski definition) is 2. The fourth-order valence-electron chi connectivity index (χ4n) is 4.37. The molecule has 1 aromatic rings. The van der Waals surface area contributed by atoms with Crippen molar-refractivity contribution in [2.24, 2.45) is 11.8 Å². The van der Waals surface area contributed by atoms with Crippen molar-refractivity contribution < 1.29 is 9.53 Å². The van der Waals surface area contributed by atoms with Gasteiger partial charge in [0.05, 0.1) is 0 Å². The topological polar surface area (TPSA) is 50.4 Å². The second-order valence-corrected chi connectivity index (χ2v) is 10.0. The minimum absolute atomic E-state index is 0.238. The maximum absolute atomic E-state index is 12.0. The molecule has 2 aliphatic rings. The molecule has 2 saturated carbocycles. The first-order chi connectivity index (χ1) is 13.7. The minimum atomic E-state index is -0.439. The van der Waals surface area contributed by atoms with Gasteiger partial charge in [0.25, 0.3) is 0 Å². The van der Waals surface area contributed by atoms with Crippen LogP contribution in [0.2, 0.25) is 0 Å². The molecule has 4 nitrogen and oxygen atoms in total. The third kappa shape index (κ3) is 6.88. The van der Waals surface area contributed by atoms with E-state index in [2.05, 4.69) is 60.9 Å². The van der Waals surface area contributed by atoms with E-state index >= 15 is 0 Å². The molecule has 0 aromatic heterocycles. The van der Waals surface area contributed by atoms with Gasteiger partial charge in [-0.1, -0.05) is 55.8 Å². The van der Waals surface area contributed by atoms with Crippen molar-refractivity contribution in [2.75, 3.05) is 0 Å². The Morgan fingerprint density at radius 3 is 2.28 bits per heavy atom. The van der Waals surface area contributed by atoms with Crippen LogP contribution in [-0.4, -0.2) is 29.8 Å². The van der Waals surface area contributed by atoms with Crippen molar-refractivity contribution in [2.45, 2.75) is 90.4 Å². The number of carbonyl (C=O) groups excluding carboxylic acids is 1. The van der Waals surface area contributed by atoms with Crippen molar-refractivity contribution in [1.82, 2.24) is 10.6 Å². The van der Waals surface area contributed by atoms with Gasteiger partial charge in [0.1, 0.15) is 5.60 Å². The Hall–Kier alpha value is -1.81. The van der Waals surface area contributed by atoms with Crippen molar-refractivity contribution in [3.63, 3.8) is 0 Å². The van der Waals surface area contributed by atoms with Gasteiger partial charge in [-0.25, -0.2) is 4.79 Å². The fraction of sp³-hybridized carbons (Fsp3) is 0.640. The van der Waals surface area contributed by atoms with Crippen molar-refractivity contribution in [1.29, 1.82) is 0 Å². The summed E-state index contributed by atoms with van der Waals surface area (Å²) in [5, 5.41) is 6.93. The van der Waals surface area contributed by atoms with E-state index in [0.29, 0.717) is 23.9 Å². The summed E-state index contributed by atoms with van der Waals surface area (Å²) in [5.74, 6) is 1.23. The number of carbonyl (C=O) groups is 1. The molecule has 0 saturated heterocycles. The lowest BCUT2D eigenvalue weighted by molar-refractivity contribution is 0.0489. The Morgan fingerprint density at radius 1 is 1.07 bits per heavy atom. The van der Waals surface area contributed by atoms with E-state index in [1.165, 1.54) is 12.0 Å². The summed E-state index contributed by atoms with van der Waals surface area (Å²) >= 11 is 0. The summed E-state index contributed by atoms with van der Waals surface area (Å²) in [6.45, 7) is 10.3. The first-order valence-electron chi connectivity index (χ1n) is 11.2. The first-order valence-corrected chi connectivity index (χ1v) is 11.2. The zero-order valence-corrected chi connectivity index (χ0v) is 18.7. The van der Waals surface area contributed by atoms with Crippen LogP contribution in [0.3, 0.4) is 0 Å². The van der Waals surface area contributed by atoms with Crippen LogP contribution in [0.25, 0.3) is 6.08 Å². The van der Waals surface area contributed by atoms with Gasteiger partial charge in [0.2, 0.25) is 0 Å². The van der Waals surface area contributed by atoms with E-state index in [4.69, 9.17) is 4.74 Å². The molecule has 0 unspecified atom stereocenters. The van der Waals surface area contributed by atoms with Crippen molar-refractivity contribution in [3.05, 3.63) is 41.5 Å². The number of rotatable bonds is 6. The zero-order valence-electron chi connectivity index (χ0n) is 18.7. The van der Waals surface area contributed by atoms with Crippen LogP contribution in [0.5, 0.6) is 0 Å². The molecule has 0 aliphatic heterocycles. The molecule has 1 amide bonds. The number of ether oxygens (including phenoxy) is 1. The predicted octanol–water partition coefficient (Wildman–Crippen LogP) is 5.54. The number of amides is 1. The van der Waals surface area contributed by atoms with Crippen LogP contribution in [0.4, 0.5) is 4.79 Å². The van der Waals surface area contributed by atoms with Crippen LogP contribution in [0, 0.1) is 11.8 Å². The Balaban J connectivity index is 1.45. The van der Waals surface area contributed by atoms with E-state index in [0.717, 1.165) is 25.7 Å². The number of hydrogen-bond acceptors (Lipinski definition) is 3. The van der Waals surface area contributed by atoms with Gasteiger partial charge in [-0.3, -0.25) is 0 Å². The zero-order chi connectivity index (χ0) is 21.0. The highest BCUT2D eigenvalue weighted by molar-refractivity contribution is 5.68. The molecule has 0 radical (unpaired) electrons. The van der Waals surface area contributed by atoms with E-state index in [-0.39, 0.29) is 12.1 Å². The molecule has 0 spiro atoms. The summed E-state index contributed by atoms with van der Waals surface area (Å²) in [6, 6.07) is 12.1. The summed E-state index contributed by atoms with van der Waals surface area (Å²) < 4.78 is 5.38. The molecule has 2 N–H and O–H groups in total. The molecule has 2 atom stereocenters. The Kier molecular flexibility index (Phi) is 7.05. The lowest BCUT2D eigenvalue weighted by Gasteiger charge is -2.31. The van der Waals surface area contributed by atoms with E-state index in [1.54, 1.807) is 5.57 Å². The highest BCUT2D eigenvalue weighted by Crippen LogP contribution is 2.42. The van der Waals surface area contributed by atoms with Gasteiger partial charge in [-0.05, 0) is 70.3 Å². The molecule has 1 aromatic carbocycles. The van der Waals surface area contributed by atoms with E-state index < -0.39 is 5.60 Å².